The monoisotopic (exact) mass is 628 g/mol. The number of aromatic carboxylic acids is 1. The maximum atomic E-state index is 14.3. The Labute approximate surface area is 266 Å². The Bertz CT molecular complexity index is 1840. The zero-order chi connectivity index (χ0) is 33.2. The van der Waals surface area contributed by atoms with Gasteiger partial charge in [-0.3, -0.25) is 5.32 Å². The van der Waals surface area contributed by atoms with Gasteiger partial charge in [-0.2, -0.15) is 0 Å². The van der Waals surface area contributed by atoms with Crippen LogP contribution in [0.15, 0.2) is 72.8 Å². The van der Waals surface area contributed by atoms with Gasteiger partial charge < -0.3 is 23.9 Å². The first-order chi connectivity index (χ1) is 22.2. The summed E-state index contributed by atoms with van der Waals surface area (Å²) in [5.74, 6) is -0.384. The molecule has 240 valence electrons. The number of carbonyl (C=O) groups is 2. The van der Waals surface area contributed by atoms with E-state index in [4.69, 9.17) is 19.2 Å². The highest BCUT2D eigenvalue weighted by atomic mass is 19.1. The van der Waals surface area contributed by atoms with Crippen molar-refractivity contribution in [2.75, 3.05) is 26.1 Å². The van der Waals surface area contributed by atoms with Crippen molar-refractivity contribution >= 4 is 28.8 Å². The highest BCUT2D eigenvalue weighted by Crippen LogP contribution is 2.29. The molecular weight excluding hydrogens is 591 g/mol. The summed E-state index contributed by atoms with van der Waals surface area (Å²) in [6, 6.07) is 20.5. The molecule has 1 amide bonds. The number of aromatic nitrogens is 3. The molecule has 0 unspecified atom stereocenters. The van der Waals surface area contributed by atoms with Gasteiger partial charge in [0.25, 0.3) is 0 Å². The number of pyridine rings is 1. The third kappa shape index (κ3) is 8.05. The lowest BCUT2D eigenvalue weighted by Gasteiger charge is -2.14. The van der Waals surface area contributed by atoms with Gasteiger partial charge in [0.1, 0.15) is 18.2 Å². The largest absolute Gasteiger partial charge is 0.478 e. The molecule has 0 radical (unpaired) electrons. The lowest BCUT2D eigenvalue weighted by atomic mass is 10.0. The van der Waals surface area contributed by atoms with Crippen LogP contribution in [0.5, 0.6) is 5.88 Å². The van der Waals surface area contributed by atoms with E-state index >= 15 is 0 Å². The van der Waals surface area contributed by atoms with Crippen molar-refractivity contribution in [2.45, 2.75) is 40.3 Å². The summed E-state index contributed by atoms with van der Waals surface area (Å²) < 4.78 is 32.1. The first-order valence-corrected chi connectivity index (χ1v) is 14.8. The lowest BCUT2D eigenvalue weighted by Crippen LogP contribution is -2.14. The number of carboxylic acid groups (broad SMARTS) is 1. The summed E-state index contributed by atoms with van der Waals surface area (Å²) >= 11 is 0. The van der Waals surface area contributed by atoms with Crippen molar-refractivity contribution in [3.63, 3.8) is 0 Å². The zero-order valence-electron chi connectivity index (χ0n) is 26.5. The number of methoxy groups -OCH3 is 2. The molecule has 0 atom stereocenters. The molecule has 10 nitrogen and oxygen atoms in total. The Balaban J connectivity index is 0.00000235. The average molecular weight is 629 g/mol. The van der Waals surface area contributed by atoms with Gasteiger partial charge in [-0.25, -0.2) is 23.9 Å². The lowest BCUT2D eigenvalue weighted by molar-refractivity contribution is 0.0697. The second-order valence-electron chi connectivity index (χ2n) is 10.1. The van der Waals surface area contributed by atoms with Crippen LogP contribution in [0.4, 0.5) is 14.9 Å². The number of hydrogen-bond donors (Lipinski definition) is 2. The van der Waals surface area contributed by atoms with Gasteiger partial charge in [0.05, 0.1) is 36.0 Å². The smallest absolute Gasteiger partial charge is 0.411 e. The number of benzene rings is 3. The van der Waals surface area contributed by atoms with Gasteiger partial charge in [0.2, 0.25) is 5.88 Å². The minimum Gasteiger partial charge on any atom is -0.478 e. The van der Waals surface area contributed by atoms with Crippen LogP contribution < -0.4 is 10.1 Å². The number of nitrogens with zero attached hydrogens (tertiary/aromatic N) is 3. The average Bonchev–Trinajstić information content (AvgIpc) is 3.40. The van der Waals surface area contributed by atoms with Crippen LogP contribution in [-0.4, -0.2) is 52.5 Å². The SMILES string of the molecule is CC.COCCn1c(Cc2ccc(-c3cccc(OCc4ccc(C)cc4F)n3)cc2NC(=O)OC)nc2ccc(C(=O)O)cc21. The van der Waals surface area contributed by atoms with Gasteiger partial charge in [-0.05, 0) is 54.4 Å². The molecule has 0 saturated heterocycles. The van der Waals surface area contributed by atoms with E-state index in [1.165, 1.54) is 19.2 Å². The van der Waals surface area contributed by atoms with Crippen molar-refractivity contribution in [3.05, 3.63) is 107 Å². The number of carbonyl (C=O) groups excluding carboxylic acids is 1. The van der Waals surface area contributed by atoms with E-state index in [1.54, 1.807) is 49.6 Å². The van der Waals surface area contributed by atoms with Crippen LogP contribution in [0.3, 0.4) is 0 Å². The predicted octanol–water partition coefficient (Wildman–Crippen LogP) is 7.26. The number of amides is 1. The number of hydrogen-bond acceptors (Lipinski definition) is 7. The Kier molecular flexibility index (Phi) is 11.4. The fraction of sp³-hybridized carbons (Fsp3) is 0.257. The van der Waals surface area contributed by atoms with Crippen LogP contribution in [0.1, 0.15) is 46.7 Å². The second kappa shape index (κ2) is 15.6. The van der Waals surface area contributed by atoms with E-state index < -0.39 is 12.1 Å². The van der Waals surface area contributed by atoms with Crippen molar-refractivity contribution in [3.8, 4) is 17.1 Å². The fourth-order valence-electron chi connectivity index (χ4n) is 4.79. The first kappa shape index (κ1) is 33.6. The van der Waals surface area contributed by atoms with Crippen LogP contribution in [0.25, 0.3) is 22.3 Å². The molecule has 5 aromatic rings. The van der Waals surface area contributed by atoms with E-state index in [9.17, 15) is 19.1 Å². The third-order valence-corrected chi connectivity index (χ3v) is 7.08. The maximum Gasteiger partial charge on any atom is 0.411 e. The predicted molar refractivity (Wildman–Crippen MR) is 174 cm³/mol. The molecular formula is C35H37FN4O6. The van der Waals surface area contributed by atoms with Gasteiger partial charge >= 0.3 is 12.1 Å². The van der Waals surface area contributed by atoms with Crippen LogP contribution in [-0.2, 0) is 29.0 Å². The molecule has 0 bridgehead atoms. The number of halogens is 1. The number of rotatable bonds is 11. The summed E-state index contributed by atoms with van der Waals surface area (Å²) in [5, 5.41) is 12.3. The van der Waals surface area contributed by atoms with Gasteiger partial charge in [0.15, 0.2) is 0 Å². The number of anilines is 1. The Morgan fingerprint density at radius 1 is 0.957 bits per heavy atom. The van der Waals surface area contributed by atoms with E-state index in [0.29, 0.717) is 64.8 Å². The van der Waals surface area contributed by atoms with Crippen LogP contribution in [0, 0.1) is 12.7 Å². The number of imidazole rings is 1. The number of carboxylic acids is 1. The van der Waals surface area contributed by atoms with Crippen molar-refractivity contribution in [1.82, 2.24) is 14.5 Å². The molecule has 11 heteroatoms. The van der Waals surface area contributed by atoms with E-state index in [1.807, 2.05) is 43.5 Å². The van der Waals surface area contributed by atoms with E-state index in [2.05, 4.69) is 10.3 Å². The molecule has 0 spiro atoms. The van der Waals surface area contributed by atoms with Crippen molar-refractivity contribution < 1.29 is 33.3 Å². The second-order valence-corrected chi connectivity index (χ2v) is 10.1. The van der Waals surface area contributed by atoms with E-state index in [-0.39, 0.29) is 18.0 Å². The van der Waals surface area contributed by atoms with Crippen LogP contribution >= 0.6 is 0 Å². The Hall–Kier alpha value is -5.29. The third-order valence-electron chi connectivity index (χ3n) is 7.08. The minimum absolute atomic E-state index is 0.0225. The minimum atomic E-state index is -1.03. The molecule has 2 aromatic heterocycles. The molecule has 2 N–H and O–H groups in total. The topological polar surface area (TPSA) is 125 Å². The van der Waals surface area contributed by atoms with Gasteiger partial charge in [0, 0.05) is 43.0 Å². The number of ether oxygens (including phenoxy) is 3. The molecule has 0 aliphatic heterocycles. The normalized spacial score (nSPS) is 10.7. The zero-order valence-corrected chi connectivity index (χ0v) is 26.5. The summed E-state index contributed by atoms with van der Waals surface area (Å²) in [6.07, 6.45) is -0.327. The van der Waals surface area contributed by atoms with E-state index in [0.717, 1.165) is 11.1 Å². The molecule has 0 aliphatic carbocycles. The molecule has 0 aliphatic rings. The van der Waals surface area contributed by atoms with Gasteiger partial charge in [-0.15, -0.1) is 0 Å². The quantitative estimate of drug-likeness (QED) is 0.157. The molecule has 5 rings (SSSR count). The molecule has 46 heavy (non-hydrogen) atoms. The van der Waals surface area contributed by atoms with Crippen molar-refractivity contribution in [2.24, 2.45) is 0 Å². The fourth-order valence-corrected chi connectivity index (χ4v) is 4.79. The summed E-state index contributed by atoms with van der Waals surface area (Å²) in [4.78, 5) is 33.3. The maximum absolute atomic E-state index is 14.3. The molecule has 0 fully saturated rings. The van der Waals surface area contributed by atoms with Gasteiger partial charge in [-0.1, -0.05) is 44.2 Å². The summed E-state index contributed by atoms with van der Waals surface area (Å²) in [6.45, 7) is 6.69. The highest BCUT2D eigenvalue weighted by Gasteiger charge is 2.17. The number of nitrogens with one attached hydrogen (secondary N) is 1. The Morgan fingerprint density at radius 2 is 1.74 bits per heavy atom. The van der Waals surface area contributed by atoms with Crippen LogP contribution in [0.2, 0.25) is 0 Å². The number of fused-ring (bicyclic) bond motifs is 1. The summed E-state index contributed by atoms with van der Waals surface area (Å²) in [5.41, 5.74) is 5.23. The first-order valence-electron chi connectivity index (χ1n) is 14.8. The highest BCUT2D eigenvalue weighted by molar-refractivity contribution is 5.92. The molecule has 3 aromatic carbocycles. The Morgan fingerprint density at radius 3 is 2.46 bits per heavy atom. The molecule has 2 heterocycles. The standard InChI is InChI=1S/C33H31FN4O6.C2H6/c1-20-7-8-24(25(34)15-20)19-44-31-6-4-5-26(36-31)21-9-10-22(28(16-21)37-33(41)43-3)18-30-35-27-12-11-23(32(39)40)17-29(27)38(30)13-14-42-2;1-2/h4-12,15-17H,13-14,18-19H2,1-3H3,(H,37,41)(H,39,40);1-2H3. The van der Waals surface area contributed by atoms with Crippen molar-refractivity contribution in [1.29, 1.82) is 0 Å². The molecule has 0 saturated carbocycles. The summed E-state index contributed by atoms with van der Waals surface area (Å²) in [7, 11) is 2.87. The number of aryl methyl sites for hydroxylation is 1.